The minimum Gasteiger partial charge on any atom is -0.748 e. The molecule has 0 bridgehead atoms. The molecule has 0 saturated heterocycles. The zero-order chi connectivity index (χ0) is 19.1. The number of hydrogen-bond acceptors (Lipinski definition) is 6. The summed E-state index contributed by atoms with van der Waals surface area (Å²) in [5.74, 6) is -1.06. The van der Waals surface area contributed by atoms with Gasteiger partial charge in [-0.25, -0.2) is 8.42 Å². The van der Waals surface area contributed by atoms with Crippen LogP contribution >= 0.6 is 0 Å². The van der Waals surface area contributed by atoms with Crippen LogP contribution in [0.25, 0.3) is 0 Å². The average molecular weight is 457 g/mol. The number of carbonyl (C=O) groups excluding carboxylic acids is 1. The van der Waals surface area contributed by atoms with Gasteiger partial charge in [0.25, 0.3) is 0 Å². The summed E-state index contributed by atoms with van der Waals surface area (Å²) in [6.45, 7) is 2.14. The molecule has 0 aromatic heterocycles. The molecule has 150 valence electrons. The summed E-state index contributed by atoms with van der Waals surface area (Å²) in [6.07, 6.45) is 9.05. The van der Waals surface area contributed by atoms with Crippen LogP contribution in [0.1, 0.15) is 96.8 Å². The van der Waals surface area contributed by atoms with Crippen LogP contribution in [-0.4, -0.2) is 35.4 Å². The van der Waals surface area contributed by atoms with E-state index in [1.807, 2.05) is 0 Å². The molecule has 1 N–H and O–H groups in total. The van der Waals surface area contributed by atoms with Crippen LogP contribution in [0.5, 0.6) is 0 Å². The van der Waals surface area contributed by atoms with Gasteiger partial charge in [0, 0.05) is 5.97 Å². The standard InChI is InChI=1S/C18H36O6S.2K/c1-2-3-4-5-7-10-13-16(19)17(25(22,23)24)14-11-8-6-9-12-15-18(20)21;;/h16-17,19H,2-15H2,1H3,(H,20,21)(H,22,23,24);;/q;2*+1/p-2. The van der Waals surface area contributed by atoms with Crippen LogP contribution in [0.3, 0.4) is 0 Å². The van der Waals surface area contributed by atoms with Gasteiger partial charge in [-0.2, -0.15) is 0 Å². The van der Waals surface area contributed by atoms with Crippen molar-refractivity contribution < 1.29 is 131 Å². The van der Waals surface area contributed by atoms with Crippen molar-refractivity contribution in [1.29, 1.82) is 0 Å². The van der Waals surface area contributed by atoms with E-state index in [9.17, 15) is 28.0 Å². The van der Waals surface area contributed by atoms with Crippen LogP contribution in [0.4, 0.5) is 0 Å². The predicted molar refractivity (Wildman–Crippen MR) is 94.8 cm³/mol. The van der Waals surface area contributed by atoms with Crippen molar-refractivity contribution in [3.8, 4) is 0 Å². The van der Waals surface area contributed by atoms with Crippen molar-refractivity contribution in [2.24, 2.45) is 0 Å². The van der Waals surface area contributed by atoms with Crippen molar-refractivity contribution >= 4 is 16.1 Å². The van der Waals surface area contributed by atoms with Gasteiger partial charge in [-0.3, -0.25) is 0 Å². The Labute approximate surface area is 250 Å². The number of aliphatic carboxylic acids is 1. The summed E-state index contributed by atoms with van der Waals surface area (Å²) in [5.41, 5.74) is 0. The van der Waals surface area contributed by atoms with Crippen molar-refractivity contribution in [2.75, 3.05) is 0 Å². The van der Waals surface area contributed by atoms with Gasteiger partial charge < -0.3 is 19.6 Å². The van der Waals surface area contributed by atoms with E-state index in [4.69, 9.17) is 0 Å². The quantitative estimate of drug-likeness (QED) is 0.138. The van der Waals surface area contributed by atoms with E-state index < -0.39 is 27.4 Å². The second-order valence-corrected chi connectivity index (χ2v) is 8.42. The number of hydrogen-bond donors (Lipinski definition) is 1. The number of aliphatic hydroxyl groups excluding tert-OH is 1. The third-order valence-electron chi connectivity index (χ3n) is 4.52. The maximum Gasteiger partial charge on any atom is 1.00 e. The molecule has 9 heteroatoms. The van der Waals surface area contributed by atoms with E-state index >= 15 is 0 Å². The molecule has 0 radical (unpaired) electrons. The molecule has 0 rings (SSSR count). The molecule has 2 atom stereocenters. The molecule has 0 fully saturated rings. The predicted octanol–water partition coefficient (Wildman–Crippen LogP) is -3.50. The third-order valence-corrected chi connectivity index (χ3v) is 5.81. The summed E-state index contributed by atoms with van der Waals surface area (Å²) in [6, 6.07) is 0. The molecule has 0 saturated carbocycles. The molecule has 0 aliphatic carbocycles. The normalized spacial score (nSPS) is 13.3. The Kier molecular flexibility index (Phi) is 27.7. The summed E-state index contributed by atoms with van der Waals surface area (Å²) < 4.78 is 34.2. The van der Waals surface area contributed by atoms with Gasteiger partial charge in [0.2, 0.25) is 0 Å². The fourth-order valence-electron chi connectivity index (χ4n) is 2.99. The number of carboxylic acid groups (broad SMARTS) is 1. The number of rotatable bonds is 17. The number of carbonyl (C=O) groups is 1. The van der Waals surface area contributed by atoms with E-state index in [0.717, 1.165) is 51.4 Å². The van der Waals surface area contributed by atoms with Gasteiger partial charge in [-0.05, 0) is 25.7 Å². The Morgan fingerprint density at radius 3 is 1.78 bits per heavy atom. The number of carboxylic acids is 1. The summed E-state index contributed by atoms with van der Waals surface area (Å²) in [4.78, 5) is 10.3. The first kappa shape index (κ1) is 34.2. The topological polar surface area (TPSA) is 118 Å². The Morgan fingerprint density at radius 2 is 1.30 bits per heavy atom. The summed E-state index contributed by atoms with van der Waals surface area (Å²) in [7, 11) is -4.51. The van der Waals surface area contributed by atoms with E-state index in [0.29, 0.717) is 19.3 Å². The molecule has 0 heterocycles. The second-order valence-electron chi connectivity index (χ2n) is 6.83. The van der Waals surface area contributed by atoms with E-state index in [2.05, 4.69) is 6.92 Å². The molecule has 2 unspecified atom stereocenters. The Balaban J connectivity index is -0.00000288. The largest absolute Gasteiger partial charge is 1.00 e. The SMILES string of the molecule is CCCCCCCCC(O)C(CCCCCCCC(=O)[O-])S(=O)(=O)[O-].[K+].[K+]. The van der Waals surface area contributed by atoms with Crippen molar-refractivity contribution in [1.82, 2.24) is 0 Å². The van der Waals surface area contributed by atoms with Crippen LogP contribution in [0.2, 0.25) is 0 Å². The Morgan fingerprint density at radius 1 is 0.852 bits per heavy atom. The molecular weight excluding hydrogens is 422 g/mol. The third kappa shape index (κ3) is 21.6. The van der Waals surface area contributed by atoms with Crippen LogP contribution < -0.4 is 108 Å². The summed E-state index contributed by atoms with van der Waals surface area (Å²) >= 11 is 0. The Bertz CT molecular complexity index is 445. The molecule has 0 amide bonds. The first-order chi connectivity index (χ1) is 11.8. The van der Waals surface area contributed by atoms with Crippen molar-refractivity contribution in [3.05, 3.63) is 0 Å². The maximum atomic E-state index is 11.4. The Hall–Kier alpha value is 2.61. The van der Waals surface area contributed by atoms with Gasteiger partial charge in [-0.15, -0.1) is 0 Å². The molecule has 0 aliphatic rings. The fourth-order valence-corrected chi connectivity index (χ4v) is 3.97. The first-order valence-electron chi connectivity index (χ1n) is 9.61. The van der Waals surface area contributed by atoms with Gasteiger partial charge in [0.1, 0.15) is 10.1 Å². The molecule has 6 nitrogen and oxygen atoms in total. The number of unbranched alkanes of at least 4 members (excludes halogenated alkanes) is 9. The zero-order valence-electron chi connectivity index (χ0n) is 17.5. The van der Waals surface area contributed by atoms with Crippen LogP contribution in [0.15, 0.2) is 0 Å². The van der Waals surface area contributed by atoms with Gasteiger partial charge in [-0.1, -0.05) is 71.1 Å². The molecule has 0 aromatic carbocycles. The van der Waals surface area contributed by atoms with Gasteiger partial charge in [0.05, 0.1) is 11.4 Å². The number of aliphatic hydroxyl groups is 1. The molecule has 0 aliphatic heterocycles. The molecular formula is C18H34K2O6S. The van der Waals surface area contributed by atoms with Crippen LogP contribution in [0, 0.1) is 0 Å². The zero-order valence-corrected chi connectivity index (χ0v) is 24.5. The fraction of sp³-hybridized carbons (Fsp3) is 0.944. The smallest absolute Gasteiger partial charge is 0.748 e. The van der Waals surface area contributed by atoms with Gasteiger partial charge in [0.15, 0.2) is 0 Å². The van der Waals surface area contributed by atoms with E-state index in [1.165, 1.54) is 6.42 Å². The van der Waals surface area contributed by atoms with Crippen molar-refractivity contribution in [2.45, 2.75) is 108 Å². The monoisotopic (exact) mass is 456 g/mol. The van der Waals surface area contributed by atoms with Crippen LogP contribution in [-0.2, 0) is 14.9 Å². The average Bonchev–Trinajstić information content (AvgIpc) is 2.51. The molecule has 27 heavy (non-hydrogen) atoms. The molecule has 0 spiro atoms. The summed E-state index contributed by atoms with van der Waals surface area (Å²) in [5, 5.41) is 19.1. The minimum absolute atomic E-state index is 0. The van der Waals surface area contributed by atoms with Crippen molar-refractivity contribution in [3.63, 3.8) is 0 Å². The van der Waals surface area contributed by atoms with E-state index in [-0.39, 0.29) is 116 Å². The second kappa shape index (κ2) is 21.8. The minimum atomic E-state index is -4.51. The van der Waals surface area contributed by atoms with Gasteiger partial charge >= 0.3 is 103 Å². The van der Waals surface area contributed by atoms with E-state index in [1.54, 1.807) is 0 Å². The first-order valence-corrected chi connectivity index (χ1v) is 11.1. The maximum absolute atomic E-state index is 11.4. The molecule has 0 aromatic rings.